The van der Waals surface area contributed by atoms with Crippen LogP contribution in [0.5, 0.6) is 0 Å². The molecule has 0 spiro atoms. The molecule has 1 aromatic carbocycles. The maximum Gasteiger partial charge on any atom is 0.335 e. The lowest BCUT2D eigenvalue weighted by Crippen LogP contribution is -2.12. The Morgan fingerprint density at radius 1 is 1.47 bits per heavy atom. The lowest BCUT2D eigenvalue weighted by molar-refractivity contribution is -0.138. The molecule has 17 heavy (non-hydrogen) atoms. The van der Waals surface area contributed by atoms with Crippen molar-refractivity contribution in [1.82, 2.24) is 9.78 Å². The van der Waals surface area contributed by atoms with Crippen molar-refractivity contribution in [2.45, 2.75) is 13.5 Å². The van der Waals surface area contributed by atoms with Crippen molar-refractivity contribution in [2.24, 2.45) is 0 Å². The number of esters is 1. The van der Waals surface area contributed by atoms with E-state index >= 15 is 0 Å². The molecule has 0 unspecified atom stereocenters. The van der Waals surface area contributed by atoms with Crippen LogP contribution in [0.15, 0.2) is 42.6 Å². The van der Waals surface area contributed by atoms with Gasteiger partial charge in [-0.15, -0.1) is 0 Å². The molecule has 1 aromatic heterocycles. The Labute approximate surface area is 99.5 Å². The molecule has 0 amide bonds. The standard InChI is InChI=1S/C13H14N2O2/c1-3-17-13(16)10(2)8-15-9-11-6-4-5-7-12(11)14-15/h4-7,9H,2-3,8H2,1H3. The first-order valence-electron chi connectivity index (χ1n) is 5.48. The normalized spacial score (nSPS) is 10.4. The minimum Gasteiger partial charge on any atom is -0.463 e. The summed E-state index contributed by atoms with van der Waals surface area (Å²) in [6.07, 6.45) is 1.89. The van der Waals surface area contributed by atoms with E-state index in [4.69, 9.17) is 4.74 Å². The number of hydrogen-bond donors (Lipinski definition) is 0. The number of carbonyl (C=O) groups excluding carboxylic acids is 1. The first-order valence-corrected chi connectivity index (χ1v) is 5.48. The zero-order valence-corrected chi connectivity index (χ0v) is 9.72. The average Bonchev–Trinajstić information content (AvgIpc) is 2.71. The molecule has 88 valence electrons. The molecule has 4 nitrogen and oxygen atoms in total. The third-order valence-corrected chi connectivity index (χ3v) is 2.38. The van der Waals surface area contributed by atoms with Gasteiger partial charge < -0.3 is 4.74 Å². The van der Waals surface area contributed by atoms with Crippen molar-refractivity contribution >= 4 is 16.9 Å². The maximum absolute atomic E-state index is 11.4. The largest absolute Gasteiger partial charge is 0.463 e. The summed E-state index contributed by atoms with van der Waals surface area (Å²) < 4.78 is 6.57. The second-order valence-electron chi connectivity index (χ2n) is 3.71. The van der Waals surface area contributed by atoms with Crippen molar-refractivity contribution in [2.75, 3.05) is 6.61 Å². The highest BCUT2D eigenvalue weighted by atomic mass is 16.5. The van der Waals surface area contributed by atoms with Crippen LogP contribution in [-0.2, 0) is 16.1 Å². The van der Waals surface area contributed by atoms with Crippen molar-refractivity contribution in [3.63, 3.8) is 0 Å². The zero-order valence-electron chi connectivity index (χ0n) is 9.72. The van der Waals surface area contributed by atoms with E-state index in [1.807, 2.05) is 30.5 Å². The Morgan fingerprint density at radius 3 is 2.94 bits per heavy atom. The number of benzene rings is 1. The molecular weight excluding hydrogens is 216 g/mol. The lowest BCUT2D eigenvalue weighted by Gasteiger charge is -2.04. The van der Waals surface area contributed by atoms with E-state index in [-0.39, 0.29) is 5.97 Å². The lowest BCUT2D eigenvalue weighted by atomic mass is 10.3. The fourth-order valence-electron chi connectivity index (χ4n) is 1.59. The number of ether oxygens (including phenoxy) is 1. The van der Waals surface area contributed by atoms with E-state index < -0.39 is 0 Å². The zero-order chi connectivity index (χ0) is 12.3. The van der Waals surface area contributed by atoms with Crippen LogP contribution in [0.25, 0.3) is 10.9 Å². The van der Waals surface area contributed by atoms with E-state index in [1.54, 1.807) is 11.6 Å². The smallest absolute Gasteiger partial charge is 0.335 e. The maximum atomic E-state index is 11.4. The summed E-state index contributed by atoms with van der Waals surface area (Å²) in [6.45, 7) is 6.19. The fourth-order valence-corrected chi connectivity index (χ4v) is 1.59. The summed E-state index contributed by atoms with van der Waals surface area (Å²) >= 11 is 0. The van der Waals surface area contributed by atoms with Crippen LogP contribution in [-0.4, -0.2) is 22.4 Å². The van der Waals surface area contributed by atoms with Crippen molar-refractivity contribution < 1.29 is 9.53 Å². The third-order valence-electron chi connectivity index (χ3n) is 2.38. The second-order valence-corrected chi connectivity index (χ2v) is 3.71. The number of fused-ring (bicyclic) bond motifs is 1. The van der Waals surface area contributed by atoms with Crippen LogP contribution in [0.4, 0.5) is 0 Å². The van der Waals surface area contributed by atoms with Crippen molar-refractivity contribution in [1.29, 1.82) is 0 Å². The summed E-state index contributed by atoms with van der Waals surface area (Å²) in [4.78, 5) is 11.4. The SMILES string of the molecule is C=C(Cn1cc2ccccc2n1)C(=O)OCC. The average molecular weight is 230 g/mol. The summed E-state index contributed by atoms with van der Waals surface area (Å²) in [6, 6.07) is 7.79. The highest BCUT2D eigenvalue weighted by Crippen LogP contribution is 2.12. The monoisotopic (exact) mass is 230 g/mol. The molecular formula is C13H14N2O2. The van der Waals surface area contributed by atoms with Gasteiger partial charge in [-0.05, 0) is 13.0 Å². The van der Waals surface area contributed by atoms with E-state index in [1.165, 1.54) is 0 Å². The number of rotatable bonds is 4. The van der Waals surface area contributed by atoms with Gasteiger partial charge in [0, 0.05) is 11.6 Å². The predicted molar refractivity (Wildman–Crippen MR) is 65.5 cm³/mol. The number of hydrogen-bond acceptors (Lipinski definition) is 3. The van der Waals surface area contributed by atoms with Crippen LogP contribution in [0.3, 0.4) is 0 Å². The highest BCUT2D eigenvalue weighted by molar-refractivity contribution is 5.87. The predicted octanol–water partition coefficient (Wildman–Crippen LogP) is 2.16. The van der Waals surface area contributed by atoms with Gasteiger partial charge >= 0.3 is 5.97 Å². The molecule has 0 saturated carbocycles. The second kappa shape index (κ2) is 4.82. The summed E-state index contributed by atoms with van der Waals surface area (Å²) in [5.41, 5.74) is 1.31. The molecule has 2 rings (SSSR count). The molecule has 0 aliphatic carbocycles. The first-order chi connectivity index (χ1) is 8.20. The summed E-state index contributed by atoms with van der Waals surface area (Å²) in [5.74, 6) is -0.368. The molecule has 0 bridgehead atoms. The molecule has 1 heterocycles. The van der Waals surface area contributed by atoms with Gasteiger partial charge in [0.2, 0.25) is 0 Å². The topological polar surface area (TPSA) is 44.1 Å². The minimum atomic E-state index is -0.368. The Kier molecular flexibility index (Phi) is 3.23. The van der Waals surface area contributed by atoms with Gasteiger partial charge in [-0.25, -0.2) is 4.79 Å². The van der Waals surface area contributed by atoms with Crippen molar-refractivity contribution in [3.8, 4) is 0 Å². The Bertz CT molecular complexity index is 524. The van der Waals surface area contributed by atoms with Crippen molar-refractivity contribution in [3.05, 3.63) is 42.6 Å². The van der Waals surface area contributed by atoms with Crippen LogP contribution in [0.1, 0.15) is 6.92 Å². The Morgan fingerprint density at radius 2 is 2.24 bits per heavy atom. The van der Waals surface area contributed by atoms with Crippen LogP contribution >= 0.6 is 0 Å². The highest BCUT2D eigenvalue weighted by Gasteiger charge is 2.09. The molecule has 2 aromatic rings. The van der Waals surface area contributed by atoms with Gasteiger partial charge in [0.05, 0.1) is 24.2 Å². The van der Waals surface area contributed by atoms with Crippen LogP contribution in [0.2, 0.25) is 0 Å². The molecule has 0 N–H and O–H groups in total. The third kappa shape index (κ3) is 2.53. The van der Waals surface area contributed by atoms with Gasteiger partial charge in [0.15, 0.2) is 0 Å². The van der Waals surface area contributed by atoms with E-state index in [0.29, 0.717) is 18.7 Å². The Balaban J connectivity index is 2.13. The van der Waals surface area contributed by atoms with Gasteiger partial charge in [-0.2, -0.15) is 5.10 Å². The quantitative estimate of drug-likeness (QED) is 0.597. The number of aromatic nitrogens is 2. The van der Waals surface area contributed by atoms with Crippen LogP contribution in [0, 0.1) is 0 Å². The summed E-state index contributed by atoms with van der Waals surface area (Å²) in [7, 11) is 0. The molecule has 0 saturated heterocycles. The molecule has 0 atom stereocenters. The first kappa shape index (κ1) is 11.4. The van der Waals surface area contributed by atoms with Crippen LogP contribution < -0.4 is 0 Å². The molecule has 0 radical (unpaired) electrons. The van der Waals surface area contributed by atoms with Gasteiger partial charge in [-0.1, -0.05) is 24.8 Å². The number of carbonyl (C=O) groups is 1. The molecule has 0 aliphatic heterocycles. The summed E-state index contributed by atoms with van der Waals surface area (Å²) in [5, 5.41) is 5.39. The minimum absolute atomic E-state index is 0.355. The molecule has 0 fully saturated rings. The fraction of sp³-hybridized carbons (Fsp3) is 0.231. The molecule has 0 aliphatic rings. The van der Waals surface area contributed by atoms with E-state index in [9.17, 15) is 4.79 Å². The van der Waals surface area contributed by atoms with E-state index in [2.05, 4.69) is 11.7 Å². The van der Waals surface area contributed by atoms with Gasteiger partial charge in [0.1, 0.15) is 0 Å². The van der Waals surface area contributed by atoms with Gasteiger partial charge in [-0.3, -0.25) is 4.68 Å². The number of nitrogens with zero attached hydrogens (tertiary/aromatic N) is 2. The molecule has 4 heteroatoms. The van der Waals surface area contributed by atoms with E-state index in [0.717, 1.165) is 10.9 Å². The Hall–Kier alpha value is -2.10. The van der Waals surface area contributed by atoms with Gasteiger partial charge in [0.25, 0.3) is 0 Å².